The van der Waals surface area contributed by atoms with Crippen LogP contribution in [0, 0.1) is 19.7 Å². The Morgan fingerprint density at radius 1 is 0.846 bits per heavy atom. The van der Waals surface area contributed by atoms with E-state index in [2.05, 4.69) is 36.2 Å². The van der Waals surface area contributed by atoms with Gasteiger partial charge in [0.2, 0.25) is 0 Å². The molecule has 1 nitrogen and oxygen atoms in total. The number of hydrogen-bond acceptors (Lipinski definition) is 2. The standard InChI is InChI=1S/C23H20FNS/c1-17-7-11-19(12-8-17)25-23(21-5-3-4-6-22(21)24)15-16-26-20-13-9-18(2)10-14-20/h3-16H,1-2H3. The molecule has 130 valence electrons. The first kappa shape index (κ1) is 18.2. The van der Waals surface area contributed by atoms with Gasteiger partial charge in [-0.05, 0) is 61.7 Å². The topological polar surface area (TPSA) is 12.4 Å². The van der Waals surface area contributed by atoms with Crippen molar-refractivity contribution in [1.29, 1.82) is 0 Å². The zero-order chi connectivity index (χ0) is 18.4. The Morgan fingerprint density at radius 2 is 1.46 bits per heavy atom. The zero-order valence-corrected chi connectivity index (χ0v) is 15.6. The van der Waals surface area contributed by atoms with Gasteiger partial charge in [-0.25, -0.2) is 9.38 Å². The summed E-state index contributed by atoms with van der Waals surface area (Å²) in [6.45, 7) is 4.10. The van der Waals surface area contributed by atoms with Crippen molar-refractivity contribution in [2.75, 3.05) is 0 Å². The predicted molar refractivity (Wildman–Crippen MR) is 110 cm³/mol. The summed E-state index contributed by atoms with van der Waals surface area (Å²) in [5.74, 6) is -0.275. The van der Waals surface area contributed by atoms with Gasteiger partial charge in [0.15, 0.2) is 0 Å². The highest BCUT2D eigenvalue weighted by Crippen LogP contribution is 2.22. The minimum Gasteiger partial charge on any atom is -0.248 e. The van der Waals surface area contributed by atoms with E-state index in [1.165, 1.54) is 17.2 Å². The number of allylic oxidation sites excluding steroid dienone is 1. The van der Waals surface area contributed by atoms with Crippen molar-refractivity contribution in [2.24, 2.45) is 4.99 Å². The Labute approximate surface area is 158 Å². The van der Waals surface area contributed by atoms with Crippen molar-refractivity contribution in [1.82, 2.24) is 0 Å². The normalized spacial score (nSPS) is 11.9. The fraction of sp³-hybridized carbons (Fsp3) is 0.0870. The molecular formula is C23H20FNS. The molecule has 3 heteroatoms. The van der Waals surface area contributed by atoms with E-state index in [1.807, 2.05) is 48.7 Å². The molecule has 0 bridgehead atoms. The maximum Gasteiger partial charge on any atom is 0.132 e. The van der Waals surface area contributed by atoms with Gasteiger partial charge in [0.1, 0.15) is 5.82 Å². The summed E-state index contributed by atoms with van der Waals surface area (Å²) in [5.41, 5.74) is 4.30. The van der Waals surface area contributed by atoms with Crippen LogP contribution < -0.4 is 0 Å². The maximum atomic E-state index is 14.3. The summed E-state index contributed by atoms with van der Waals surface area (Å²) in [5, 5.41) is 1.95. The Balaban J connectivity index is 1.90. The van der Waals surface area contributed by atoms with Crippen LogP contribution in [0.15, 0.2) is 94.2 Å². The number of nitrogens with zero attached hydrogens (tertiary/aromatic N) is 1. The molecule has 0 fully saturated rings. The summed E-state index contributed by atoms with van der Waals surface area (Å²) >= 11 is 1.59. The predicted octanol–water partition coefficient (Wildman–Crippen LogP) is 6.87. The molecule has 0 aromatic heterocycles. The number of benzene rings is 3. The first-order valence-electron chi connectivity index (χ1n) is 8.42. The van der Waals surface area contributed by atoms with Gasteiger partial charge in [-0.15, -0.1) is 0 Å². The van der Waals surface area contributed by atoms with E-state index in [-0.39, 0.29) is 5.82 Å². The van der Waals surface area contributed by atoms with Crippen LogP contribution in [-0.4, -0.2) is 5.71 Å². The van der Waals surface area contributed by atoms with Crippen molar-refractivity contribution < 1.29 is 4.39 Å². The lowest BCUT2D eigenvalue weighted by molar-refractivity contribution is 0.625. The summed E-state index contributed by atoms with van der Waals surface area (Å²) in [6, 6.07) is 22.9. The molecule has 0 atom stereocenters. The van der Waals surface area contributed by atoms with Crippen molar-refractivity contribution in [2.45, 2.75) is 18.7 Å². The second-order valence-corrected chi connectivity index (χ2v) is 7.03. The molecular weight excluding hydrogens is 341 g/mol. The number of rotatable bonds is 5. The van der Waals surface area contributed by atoms with Crippen molar-refractivity contribution in [3.05, 3.63) is 107 Å². The molecule has 0 N–H and O–H groups in total. The molecule has 3 rings (SSSR count). The van der Waals surface area contributed by atoms with Crippen LogP contribution in [0.2, 0.25) is 0 Å². The van der Waals surface area contributed by atoms with E-state index in [9.17, 15) is 4.39 Å². The second-order valence-electron chi connectivity index (χ2n) is 6.05. The number of thioether (sulfide) groups is 1. The van der Waals surface area contributed by atoms with E-state index in [1.54, 1.807) is 23.9 Å². The van der Waals surface area contributed by atoms with Crippen LogP contribution in [0.1, 0.15) is 16.7 Å². The number of hydrogen-bond donors (Lipinski definition) is 0. The van der Waals surface area contributed by atoms with Crippen molar-refractivity contribution >= 4 is 23.2 Å². The third-order valence-corrected chi connectivity index (χ3v) is 4.70. The SMILES string of the molecule is Cc1ccc(N=C(C=CSc2ccc(C)cc2)c2ccccc2F)cc1. The van der Waals surface area contributed by atoms with Crippen LogP contribution in [0.3, 0.4) is 0 Å². The molecule has 0 aliphatic carbocycles. The van der Waals surface area contributed by atoms with Gasteiger partial charge >= 0.3 is 0 Å². The largest absolute Gasteiger partial charge is 0.248 e. The van der Waals surface area contributed by atoms with E-state index >= 15 is 0 Å². The number of aryl methyl sites for hydroxylation is 2. The Morgan fingerprint density at radius 3 is 2.12 bits per heavy atom. The van der Waals surface area contributed by atoms with Crippen molar-refractivity contribution in [3.63, 3.8) is 0 Å². The third-order valence-electron chi connectivity index (χ3n) is 3.88. The molecule has 0 aliphatic heterocycles. The Hall–Kier alpha value is -2.65. The van der Waals surface area contributed by atoms with Crippen LogP contribution in [0.25, 0.3) is 0 Å². The van der Waals surface area contributed by atoms with Gasteiger partial charge in [0, 0.05) is 10.5 Å². The summed E-state index contributed by atoms with van der Waals surface area (Å²) in [6.07, 6.45) is 1.86. The van der Waals surface area contributed by atoms with Crippen LogP contribution in [-0.2, 0) is 0 Å². The van der Waals surface area contributed by atoms with Crippen LogP contribution in [0.4, 0.5) is 10.1 Å². The fourth-order valence-corrected chi connectivity index (χ4v) is 3.06. The highest BCUT2D eigenvalue weighted by Gasteiger charge is 2.06. The quantitative estimate of drug-likeness (QED) is 0.357. The molecule has 0 spiro atoms. The summed E-state index contributed by atoms with van der Waals surface area (Å²) in [4.78, 5) is 5.79. The van der Waals surface area contributed by atoms with E-state index < -0.39 is 0 Å². The molecule has 3 aromatic carbocycles. The lowest BCUT2D eigenvalue weighted by Gasteiger charge is -2.05. The van der Waals surface area contributed by atoms with Gasteiger partial charge in [-0.1, -0.05) is 59.3 Å². The molecule has 0 radical (unpaired) electrons. The molecule has 0 amide bonds. The molecule has 26 heavy (non-hydrogen) atoms. The van der Waals surface area contributed by atoms with Gasteiger partial charge in [-0.3, -0.25) is 0 Å². The summed E-state index contributed by atoms with van der Waals surface area (Å²) < 4.78 is 14.3. The smallest absolute Gasteiger partial charge is 0.132 e. The highest BCUT2D eigenvalue weighted by molar-refractivity contribution is 8.02. The molecule has 0 saturated carbocycles. The van der Waals surface area contributed by atoms with Crippen LogP contribution >= 0.6 is 11.8 Å². The average Bonchev–Trinajstić information content (AvgIpc) is 2.65. The average molecular weight is 361 g/mol. The van der Waals surface area contributed by atoms with Gasteiger partial charge in [0.05, 0.1) is 11.4 Å². The van der Waals surface area contributed by atoms with E-state index in [0.29, 0.717) is 11.3 Å². The number of aliphatic imine (C=N–C) groups is 1. The Kier molecular flexibility index (Phi) is 6.03. The Bertz CT molecular complexity index is 925. The first-order chi connectivity index (χ1) is 12.6. The van der Waals surface area contributed by atoms with Crippen LogP contribution in [0.5, 0.6) is 0 Å². The minimum absolute atomic E-state index is 0.275. The molecule has 0 heterocycles. The molecule has 0 aliphatic rings. The maximum absolute atomic E-state index is 14.3. The fourth-order valence-electron chi connectivity index (χ4n) is 2.41. The summed E-state index contributed by atoms with van der Waals surface area (Å²) in [7, 11) is 0. The zero-order valence-electron chi connectivity index (χ0n) is 14.8. The lowest BCUT2D eigenvalue weighted by Crippen LogP contribution is -1.99. The third kappa shape index (κ3) is 4.93. The van der Waals surface area contributed by atoms with Gasteiger partial charge < -0.3 is 0 Å². The van der Waals surface area contributed by atoms with Gasteiger partial charge in [0.25, 0.3) is 0 Å². The minimum atomic E-state index is -0.275. The highest BCUT2D eigenvalue weighted by atomic mass is 32.2. The van der Waals surface area contributed by atoms with E-state index in [0.717, 1.165) is 10.6 Å². The van der Waals surface area contributed by atoms with E-state index in [4.69, 9.17) is 0 Å². The van der Waals surface area contributed by atoms with Crippen molar-refractivity contribution in [3.8, 4) is 0 Å². The molecule has 0 unspecified atom stereocenters. The van der Waals surface area contributed by atoms with Gasteiger partial charge in [-0.2, -0.15) is 0 Å². The number of halogens is 1. The molecule has 3 aromatic rings. The monoisotopic (exact) mass is 361 g/mol. The first-order valence-corrected chi connectivity index (χ1v) is 9.30. The second kappa shape index (κ2) is 8.63. The molecule has 0 saturated heterocycles. The lowest BCUT2D eigenvalue weighted by atomic mass is 10.1.